The van der Waals surface area contributed by atoms with Crippen LogP contribution in [0.5, 0.6) is 0 Å². The van der Waals surface area contributed by atoms with Gasteiger partial charge in [0.1, 0.15) is 10.9 Å². The van der Waals surface area contributed by atoms with Gasteiger partial charge in [0.05, 0.1) is 23.3 Å². The Bertz CT molecular complexity index is 1240. The average Bonchev–Trinajstić information content (AvgIpc) is 3.39. The summed E-state index contributed by atoms with van der Waals surface area (Å²) >= 11 is 1.33. The van der Waals surface area contributed by atoms with Crippen molar-refractivity contribution in [3.05, 3.63) is 45.8 Å². The zero-order valence-electron chi connectivity index (χ0n) is 21.5. The van der Waals surface area contributed by atoms with E-state index in [9.17, 15) is 9.59 Å². The number of hydrogen-bond donors (Lipinski definition) is 0. The van der Waals surface area contributed by atoms with Gasteiger partial charge in [-0.3, -0.25) is 19.3 Å². The molecule has 1 saturated carbocycles. The van der Waals surface area contributed by atoms with Gasteiger partial charge in [-0.15, -0.1) is 11.3 Å². The minimum absolute atomic E-state index is 0.0475. The molecule has 2 amide bonds. The van der Waals surface area contributed by atoms with Crippen molar-refractivity contribution < 1.29 is 14.1 Å². The topological polar surface area (TPSA) is 110 Å². The third-order valence-corrected chi connectivity index (χ3v) is 8.31. The van der Waals surface area contributed by atoms with Crippen LogP contribution >= 0.6 is 11.3 Å². The van der Waals surface area contributed by atoms with Gasteiger partial charge in [0.25, 0.3) is 11.8 Å². The molecule has 6 rings (SSSR count). The number of amides is 2. The first-order valence-corrected chi connectivity index (χ1v) is 13.2. The van der Waals surface area contributed by atoms with Crippen LogP contribution in [0, 0.1) is 24.7 Å². The van der Waals surface area contributed by atoms with Crippen LogP contribution in [-0.4, -0.2) is 73.2 Å². The van der Waals surface area contributed by atoms with Gasteiger partial charge >= 0.3 is 0 Å². The van der Waals surface area contributed by atoms with Gasteiger partial charge in [-0.1, -0.05) is 19.0 Å². The Labute approximate surface area is 214 Å². The summed E-state index contributed by atoms with van der Waals surface area (Å²) in [5.74, 6) is 0.906. The van der Waals surface area contributed by atoms with Crippen LogP contribution < -0.4 is 0 Å². The maximum Gasteiger partial charge on any atom is 0.265 e. The molecule has 5 heterocycles. The van der Waals surface area contributed by atoms with Crippen LogP contribution in [0.4, 0.5) is 0 Å². The SMILES string of the molecule is CC1(C)CC1.Cc1cc(C)n(C(C)c2nc(C3CN(C(=O)c4cncs4)CC34CN(C=O)C4)no2)n1. The lowest BCUT2D eigenvalue weighted by Crippen LogP contribution is -2.59. The number of aromatic nitrogens is 5. The Kier molecular flexibility index (Phi) is 6.22. The molecule has 10 nitrogen and oxygen atoms in total. The Hall–Kier alpha value is -3.08. The van der Waals surface area contributed by atoms with E-state index < -0.39 is 0 Å². The first-order chi connectivity index (χ1) is 17.1. The number of hydrogen-bond acceptors (Lipinski definition) is 8. The number of thiazole rings is 1. The monoisotopic (exact) mass is 511 g/mol. The van der Waals surface area contributed by atoms with Crippen molar-refractivity contribution in [2.75, 3.05) is 26.2 Å². The molecule has 1 spiro atoms. The molecule has 3 aromatic heterocycles. The number of carbonyl (C=O) groups excluding carboxylic acids is 2. The van der Waals surface area contributed by atoms with Gasteiger partial charge in [0, 0.05) is 37.3 Å². The summed E-state index contributed by atoms with van der Waals surface area (Å²) in [6.45, 7) is 12.7. The third-order valence-electron chi connectivity index (χ3n) is 7.55. The highest BCUT2D eigenvalue weighted by Gasteiger charge is 2.57. The van der Waals surface area contributed by atoms with E-state index in [1.807, 2.05) is 36.4 Å². The predicted octanol–water partition coefficient (Wildman–Crippen LogP) is 3.45. The summed E-state index contributed by atoms with van der Waals surface area (Å²) in [5.41, 5.74) is 4.09. The summed E-state index contributed by atoms with van der Waals surface area (Å²) < 4.78 is 7.49. The van der Waals surface area contributed by atoms with E-state index in [2.05, 4.69) is 29.1 Å². The molecule has 192 valence electrons. The van der Waals surface area contributed by atoms with E-state index in [4.69, 9.17) is 9.51 Å². The second-order valence-corrected chi connectivity index (χ2v) is 12.1. The van der Waals surface area contributed by atoms with Crippen LogP contribution in [-0.2, 0) is 4.79 Å². The van der Waals surface area contributed by atoms with E-state index in [1.165, 1.54) is 24.2 Å². The summed E-state index contributed by atoms with van der Waals surface area (Å²) in [7, 11) is 0. The van der Waals surface area contributed by atoms with Crippen molar-refractivity contribution in [2.24, 2.45) is 10.8 Å². The molecule has 3 fully saturated rings. The molecular formula is C25H33N7O3S. The Balaban J connectivity index is 0.000000477. The highest BCUT2D eigenvalue weighted by molar-refractivity contribution is 7.11. The number of rotatable bonds is 5. The molecule has 1 aliphatic carbocycles. The highest BCUT2D eigenvalue weighted by Crippen LogP contribution is 2.48. The van der Waals surface area contributed by atoms with Gasteiger partial charge in [-0.2, -0.15) is 10.1 Å². The summed E-state index contributed by atoms with van der Waals surface area (Å²) in [6, 6.07) is 1.81. The molecule has 36 heavy (non-hydrogen) atoms. The van der Waals surface area contributed by atoms with Crippen LogP contribution in [0.3, 0.4) is 0 Å². The summed E-state index contributed by atoms with van der Waals surface area (Å²) in [5, 5.41) is 8.80. The average molecular weight is 512 g/mol. The van der Waals surface area contributed by atoms with Gasteiger partial charge < -0.3 is 14.3 Å². The van der Waals surface area contributed by atoms with Crippen LogP contribution in [0.1, 0.15) is 78.3 Å². The minimum atomic E-state index is -0.260. The molecule has 0 aromatic carbocycles. The largest absolute Gasteiger partial charge is 0.344 e. The van der Waals surface area contributed by atoms with Crippen molar-refractivity contribution >= 4 is 23.7 Å². The fraction of sp³-hybridized carbons (Fsp3) is 0.600. The van der Waals surface area contributed by atoms with Crippen LogP contribution in [0.15, 0.2) is 22.3 Å². The lowest BCUT2D eigenvalue weighted by molar-refractivity contribution is -0.129. The first kappa shape index (κ1) is 24.6. The zero-order valence-corrected chi connectivity index (χ0v) is 22.3. The molecule has 2 saturated heterocycles. The maximum atomic E-state index is 12.9. The molecule has 2 atom stereocenters. The molecule has 0 N–H and O–H groups in total. The zero-order chi connectivity index (χ0) is 25.7. The fourth-order valence-corrected chi connectivity index (χ4v) is 5.65. The van der Waals surface area contributed by atoms with Crippen molar-refractivity contribution in [2.45, 2.75) is 59.4 Å². The van der Waals surface area contributed by atoms with Crippen LogP contribution in [0.2, 0.25) is 0 Å². The molecule has 2 aliphatic heterocycles. The fourth-order valence-electron chi connectivity index (χ4n) is 5.07. The first-order valence-electron chi connectivity index (χ1n) is 12.3. The second kappa shape index (κ2) is 9.10. The Morgan fingerprint density at radius 1 is 1.25 bits per heavy atom. The number of nitrogens with zero attached hydrogens (tertiary/aromatic N) is 7. The smallest absolute Gasteiger partial charge is 0.265 e. The van der Waals surface area contributed by atoms with Gasteiger partial charge in [-0.25, -0.2) is 0 Å². The summed E-state index contributed by atoms with van der Waals surface area (Å²) in [4.78, 5) is 37.0. The number of carbonyl (C=O) groups is 2. The van der Waals surface area contributed by atoms with Crippen molar-refractivity contribution in [1.82, 2.24) is 34.7 Å². The molecular weight excluding hydrogens is 478 g/mol. The van der Waals surface area contributed by atoms with E-state index in [-0.39, 0.29) is 23.3 Å². The number of aryl methyl sites for hydroxylation is 2. The molecule has 0 bridgehead atoms. The van der Waals surface area contributed by atoms with Crippen molar-refractivity contribution in [1.29, 1.82) is 0 Å². The van der Waals surface area contributed by atoms with E-state index >= 15 is 0 Å². The Morgan fingerprint density at radius 2 is 1.97 bits per heavy atom. The third kappa shape index (κ3) is 4.68. The quantitative estimate of drug-likeness (QED) is 0.483. The molecule has 2 unspecified atom stereocenters. The molecule has 3 aliphatic rings. The van der Waals surface area contributed by atoms with Crippen LogP contribution in [0.25, 0.3) is 0 Å². The molecule has 0 radical (unpaired) electrons. The predicted molar refractivity (Wildman–Crippen MR) is 134 cm³/mol. The summed E-state index contributed by atoms with van der Waals surface area (Å²) in [6.07, 6.45) is 5.34. The van der Waals surface area contributed by atoms with E-state index in [1.54, 1.807) is 16.6 Å². The van der Waals surface area contributed by atoms with Gasteiger partial charge in [-0.05, 0) is 45.1 Å². The lowest BCUT2D eigenvalue weighted by atomic mass is 9.71. The van der Waals surface area contributed by atoms with Gasteiger partial charge in [0.2, 0.25) is 6.41 Å². The molecule has 11 heteroatoms. The molecule has 3 aromatic rings. The lowest BCUT2D eigenvalue weighted by Gasteiger charge is -2.48. The van der Waals surface area contributed by atoms with Crippen molar-refractivity contribution in [3.63, 3.8) is 0 Å². The highest BCUT2D eigenvalue weighted by atomic mass is 32.1. The standard InChI is InChI=1S/C20H23N7O3S.C5H10/c1-12-4-13(2)27(23-12)14(3)18-22-17(24-30-18)15-6-26(19(29)16-5-21-10-31-16)9-20(15)7-25(8-20)11-28;1-5(2)3-4-5/h4-5,10-11,14-15H,6-9H2,1-3H3;3-4H2,1-2H3. The van der Waals surface area contributed by atoms with Gasteiger partial charge in [0.15, 0.2) is 5.82 Å². The minimum Gasteiger partial charge on any atom is -0.344 e. The van der Waals surface area contributed by atoms with E-state index in [0.29, 0.717) is 42.8 Å². The van der Waals surface area contributed by atoms with E-state index in [0.717, 1.165) is 23.2 Å². The second-order valence-electron chi connectivity index (χ2n) is 11.2. The Morgan fingerprint density at radius 3 is 2.53 bits per heavy atom. The normalized spacial score (nSPS) is 22.1. The number of likely N-dealkylation sites (tertiary alicyclic amines) is 2. The van der Waals surface area contributed by atoms with Crippen molar-refractivity contribution in [3.8, 4) is 0 Å². The maximum absolute atomic E-state index is 12.9.